The second-order valence-electron chi connectivity index (χ2n) is 7.86. The molecule has 0 radical (unpaired) electrons. The number of aromatic nitrogens is 2. The van der Waals surface area contributed by atoms with Gasteiger partial charge in [0.25, 0.3) is 11.8 Å². The SMILES string of the molecule is COc1ccc(C2(CNC(=O)c3cc4n(n3)CC(O)CNC4=O)CCCC2)cc1. The van der Waals surface area contributed by atoms with Gasteiger partial charge in [0.1, 0.15) is 11.4 Å². The molecule has 1 aliphatic heterocycles. The Hall–Kier alpha value is -2.87. The summed E-state index contributed by atoms with van der Waals surface area (Å²) in [7, 11) is 1.65. The second kappa shape index (κ2) is 7.87. The lowest BCUT2D eigenvalue weighted by Gasteiger charge is -2.30. The molecule has 0 spiro atoms. The molecule has 4 rings (SSSR count). The van der Waals surface area contributed by atoms with Crippen LogP contribution in [0.1, 0.15) is 52.2 Å². The average molecular weight is 398 g/mol. The van der Waals surface area contributed by atoms with Crippen LogP contribution >= 0.6 is 0 Å². The molecule has 8 heteroatoms. The number of aliphatic hydroxyl groups excluding tert-OH is 1. The Bertz CT molecular complexity index is 900. The smallest absolute Gasteiger partial charge is 0.271 e. The Kier molecular flexibility index (Phi) is 5.27. The highest BCUT2D eigenvalue weighted by Crippen LogP contribution is 2.41. The van der Waals surface area contributed by atoms with Gasteiger partial charge in [0, 0.05) is 24.6 Å². The van der Waals surface area contributed by atoms with Gasteiger partial charge in [0.05, 0.1) is 19.8 Å². The lowest BCUT2D eigenvalue weighted by Crippen LogP contribution is -2.39. The van der Waals surface area contributed by atoms with Gasteiger partial charge in [-0.1, -0.05) is 25.0 Å². The highest BCUT2D eigenvalue weighted by molar-refractivity contribution is 5.98. The zero-order valence-corrected chi connectivity index (χ0v) is 16.5. The lowest BCUT2D eigenvalue weighted by atomic mass is 9.78. The van der Waals surface area contributed by atoms with Crippen molar-refractivity contribution < 1.29 is 19.4 Å². The number of carbonyl (C=O) groups excluding carboxylic acids is 2. The zero-order valence-electron chi connectivity index (χ0n) is 16.5. The fourth-order valence-corrected chi connectivity index (χ4v) is 4.32. The maximum Gasteiger partial charge on any atom is 0.271 e. The normalized spacial score (nSPS) is 20.5. The van der Waals surface area contributed by atoms with E-state index in [9.17, 15) is 14.7 Å². The van der Waals surface area contributed by atoms with Crippen molar-refractivity contribution in [3.05, 3.63) is 47.3 Å². The van der Waals surface area contributed by atoms with Gasteiger partial charge in [-0.25, -0.2) is 0 Å². The first-order chi connectivity index (χ1) is 14.0. The number of rotatable bonds is 5. The van der Waals surface area contributed by atoms with Crippen molar-refractivity contribution in [2.75, 3.05) is 20.2 Å². The summed E-state index contributed by atoms with van der Waals surface area (Å²) in [5.74, 6) is 0.164. The molecule has 1 atom stereocenters. The van der Waals surface area contributed by atoms with E-state index >= 15 is 0 Å². The topological polar surface area (TPSA) is 105 Å². The summed E-state index contributed by atoms with van der Waals surface area (Å²) >= 11 is 0. The van der Waals surface area contributed by atoms with Gasteiger partial charge < -0.3 is 20.5 Å². The fraction of sp³-hybridized carbons (Fsp3) is 0.476. The maximum absolute atomic E-state index is 12.8. The van der Waals surface area contributed by atoms with Gasteiger partial charge in [-0.2, -0.15) is 5.10 Å². The molecule has 154 valence electrons. The number of ether oxygens (including phenoxy) is 1. The number of hydrogen-bond acceptors (Lipinski definition) is 5. The summed E-state index contributed by atoms with van der Waals surface area (Å²) in [6.45, 7) is 0.862. The van der Waals surface area contributed by atoms with Crippen LogP contribution in [0.15, 0.2) is 30.3 Å². The molecule has 0 saturated heterocycles. The number of methoxy groups -OCH3 is 1. The van der Waals surface area contributed by atoms with E-state index in [-0.39, 0.29) is 41.7 Å². The van der Waals surface area contributed by atoms with E-state index in [2.05, 4.69) is 27.9 Å². The number of amides is 2. The van der Waals surface area contributed by atoms with E-state index in [1.165, 1.54) is 16.3 Å². The summed E-state index contributed by atoms with van der Waals surface area (Å²) in [6, 6.07) is 9.53. The van der Waals surface area contributed by atoms with E-state index in [1.807, 2.05) is 12.1 Å². The first kappa shape index (κ1) is 19.4. The van der Waals surface area contributed by atoms with Crippen molar-refractivity contribution in [2.45, 2.75) is 43.7 Å². The Balaban J connectivity index is 1.50. The molecule has 1 aliphatic carbocycles. The first-order valence-electron chi connectivity index (χ1n) is 9.98. The predicted octanol–water partition coefficient (Wildman–Crippen LogP) is 1.24. The van der Waals surface area contributed by atoms with E-state index in [4.69, 9.17) is 4.74 Å². The summed E-state index contributed by atoms with van der Waals surface area (Å²) in [6.07, 6.45) is 3.53. The fourth-order valence-electron chi connectivity index (χ4n) is 4.32. The number of benzene rings is 1. The third-order valence-corrected chi connectivity index (χ3v) is 5.98. The molecule has 2 heterocycles. The van der Waals surface area contributed by atoms with Crippen molar-refractivity contribution >= 4 is 11.8 Å². The molecule has 2 aromatic rings. The minimum absolute atomic E-state index is 0.105. The highest BCUT2D eigenvalue weighted by atomic mass is 16.5. The van der Waals surface area contributed by atoms with Crippen molar-refractivity contribution in [3.8, 4) is 5.75 Å². The maximum atomic E-state index is 12.8. The molecule has 0 bridgehead atoms. The predicted molar refractivity (Wildman–Crippen MR) is 106 cm³/mol. The van der Waals surface area contributed by atoms with Crippen LogP contribution in [0, 0.1) is 0 Å². The number of nitrogens with zero attached hydrogens (tertiary/aromatic N) is 2. The van der Waals surface area contributed by atoms with Crippen LogP contribution in [0.5, 0.6) is 5.75 Å². The minimum Gasteiger partial charge on any atom is -0.497 e. The summed E-state index contributed by atoms with van der Waals surface area (Å²) in [4.78, 5) is 24.9. The molecule has 1 unspecified atom stereocenters. The molecule has 2 aliphatic rings. The number of hydrogen-bond donors (Lipinski definition) is 3. The standard InChI is InChI=1S/C21H26N4O4/c1-29-16-6-4-14(5-7-16)21(8-2-3-9-21)13-23-19(27)17-10-18-20(28)22-11-15(26)12-25(18)24-17/h4-7,10,15,26H,2-3,8-9,11-13H2,1H3,(H,22,28)(H,23,27). The van der Waals surface area contributed by atoms with Crippen LogP contribution in [-0.2, 0) is 12.0 Å². The average Bonchev–Trinajstić information content (AvgIpc) is 3.36. The third-order valence-electron chi connectivity index (χ3n) is 5.98. The van der Waals surface area contributed by atoms with Crippen LogP contribution in [0.2, 0.25) is 0 Å². The lowest BCUT2D eigenvalue weighted by molar-refractivity contribution is 0.0931. The van der Waals surface area contributed by atoms with Gasteiger partial charge in [0.2, 0.25) is 0 Å². The van der Waals surface area contributed by atoms with Crippen molar-refractivity contribution in [1.82, 2.24) is 20.4 Å². The Morgan fingerprint density at radius 2 is 2.07 bits per heavy atom. The van der Waals surface area contributed by atoms with E-state index < -0.39 is 6.10 Å². The molecule has 29 heavy (non-hydrogen) atoms. The van der Waals surface area contributed by atoms with Crippen LogP contribution in [-0.4, -0.2) is 53.0 Å². The number of aliphatic hydroxyl groups is 1. The van der Waals surface area contributed by atoms with Crippen molar-refractivity contribution in [2.24, 2.45) is 0 Å². The molecule has 8 nitrogen and oxygen atoms in total. The first-order valence-corrected chi connectivity index (χ1v) is 9.98. The molecule has 2 amide bonds. The highest BCUT2D eigenvalue weighted by Gasteiger charge is 2.36. The van der Waals surface area contributed by atoms with Crippen LogP contribution < -0.4 is 15.4 Å². The monoisotopic (exact) mass is 398 g/mol. The molecule has 1 aromatic carbocycles. The number of nitrogens with one attached hydrogen (secondary N) is 2. The molecule has 1 aromatic heterocycles. The van der Waals surface area contributed by atoms with Crippen LogP contribution in [0.4, 0.5) is 0 Å². The largest absolute Gasteiger partial charge is 0.497 e. The number of fused-ring (bicyclic) bond motifs is 1. The minimum atomic E-state index is -0.729. The molecular weight excluding hydrogens is 372 g/mol. The quantitative estimate of drug-likeness (QED) is 0.703. The molecule has 1 fully saturated rings. The van der Waals surface area contributed by atoms with Gasteiger partial charge in [0.15, 0.2) is 5.69 Å². The van der Waals surface area contributed by atoms with E-state index in [0.29, 0.717) is 6.54 Å². The summed E-state index contributed by atoms with van der Waals surface area (Å²) in [5, 5.41) is 19.7. The van der Waals surface area contributed by atoms with Gasteiger partial charge in [-0.15, -0.1) is 0 Å². The van der Waals surface area contributed by atoms with Crippen molar-refractivity contribution in [1.29, 1.82) is 0 Å². The molecular formula is C21H26N4O4. The molecule has 1 saturated carbocycles. The Labute approximate surface area is 169 Å². The van der Waals surface area contributed by atoms with E-state index in [0.717, 1.165) is 31.4 Å². The van der Waals surface area contributed by atoms with Gasteiger partial charge in [-0.3, -0.25) is 14.3 Å². The third kappa shape index (κ3) is 3.85. The second-order valence-corrected chi connectivity index (χ2v) is 7.86. The summed E-state index contributed by atoms with van der Waals surface area (Å²) in [5.41, 5.74) is 1.57. The molecule has 3 N–H and O–H groups in total. The zero-order chi connectivity index (χ0) is 20.4. The van der Waals surface area contributed by atoms with Crippen LogP contribution in [0.3, 0.4) is 0 Å². The van der Waals surface area contributed by atoms with Gasteiger partial charge in [-0.05, 0) is 30.5 Å². The van der Waals surface area contributed by atoms with Crippen molar-refractivity contribution in [3.63, 3.8) is 0 Å². The summed E-state index contributed by atoms with van der Waals surface area (Å²) < 4.78 is 6.65. The van der Waals surface area contributed by atoms with E-state index in [1.54, 1.807) is 7.11 Å². The number of β-amino-alcohol motifs (C(OH)–C–C–N with tert-alkyl or cyclic N) is 1. The Morgan fingerprint density at radius 3 is 2.76 bits per heavy atom. The number of carbonyl (C=O) groups is 2. The van der Waals surface area contributed by atoms with Crippen LogP contribution in [0.25, 0.3) is 0 Å². The van der Waals surface area contributed by atoms with Gasteiger partial charge >= 0.3 is 0 Å². The Morgan fingerprint density at radius 1 is 1.34 bits per heavy atom.